The highest BCUT2D eigenvalue weighted by Crippen LogP contribution is 2.45. The van der Waals surface area contributed by atoms with Gasteiger partial charge in [0, 0.05) is 10.9 Å². The van der Waals surface area contributed by atoms with Gasteiger partial charge in [-0.3, -0.25) is 0 Å². The van der Waals surface area contributed by atoms with Gasteiger partial charge in [0.05, 0.1) is 25.3 Å². The lowest BCUT2D eigenvalue weighted by Crippen LogP contribution is -2.18. The van der Waals surface area contributed by atoms with Gasteiger partial charge in [-0.05, 0) is 75.6 Å². The van der Waals surface area contributed by atoms with Crippen molar-refractivity contribution in [2.45, 2.75) is 71.6 Å². The Morgan fingerprint density at radius 2 is 1.05 bits per heavy atom. The van der Waals surface area contributed by atoms with Gasteiger partial charge in [-0.25, -0.2) is 0 Å². The van der Waals surface area contributed by atoms with Crippen LogP contribution in [0.15, 0.2) is 42.5 Å². The van der Waals surface area contributed by atoms with Crippen LogP contribution in [0.2, 0.25) is 0 Å². The highest BCUT2D eigenvalue weighted by Gasteiger charge is 2.37. The van der Waals surface area contributed by atoms with Crippen LogP contribution in [0.4, 0.5) is 26.3 Å². The summed E-state index contributed by atoms with van der Waals surface area (Å²) in [6, 6.07) is 9.34. The standard InChI is InChI=1S/C31H35F6O2P/c1-16(2)19-11-23(17(3)4)27(24(12-19)18(5)6)28-25(38-7)9-10-26(39-8)29(28)40-22-14-20(30(32,33)34)13-21(15-22)31(35,36)37/h9-18,40H,1-8H3. The van der Waals surface area contributed by atoms with Crippen molar-refractivity contribution in [2.24, 2.45) is 0 Å². The average molecular weight is 585 g/mol. The molecule has 2 nitrogen and oxygen atoms in total. The lowest BCUT2D eigenvalue weighted by molar-refractivity contribution is -0.142. The Hall–Kier alpha value is -2.73. The van der Waals surface area contributed by atoms with Crippen LogP contribution in [-0.2, 0) is 12.4 Å². The summed E-state index contributed by atoms with van der Waals surface area (Å²) in [5, 5.41) is 0.376. The molecule has 3 rings (SSSR count). The molecular weight excluding hydrogens is 549 g/mol. The predicted octanol–water partition coefficient (Wildman–Crippen LogP) is 9.41. The van der Waals surface area contributed by atoms with E-state index in [1.165, 1.54) is 14.2 Å². The molecule has 0 amide bonds. The molecule has 0 bridgehead atoms. The zero-order chi connectivity index (χ0) is 30.2. The molecular formula is C31H35F6O2P. The van der Waals surface area contributed by atoms with Crippen molar-refractivity contribution in [3.8, 4) is 22.6 Å². The predicted molar refractivity (Wildman–Crippen MR) is 151 cm³/mol. The summed E-state index contributed by atoms with van der Waals surface area (Å²) >= 11 is 0. The van der Waals surface area contributed by atoms with Crippen LogP contribution in [0.3, 0.4) is 0 Å². The minimum absolute atomic E-state index is 0.0729. The molecule has 0 radical (unpaired) electrons. The number of ether oxygens (including phenoxy) is 2. The Labute approximate surface area is 233 Å². The minimum atomic E-state index is -4.94. The number of methoxy groups -OCH3 is 2. The Kier molecular flexibility index (Phi) is 9.55. The molecule has 40 heavy (non-hydrogen) atoms. The van der Waals surface area contributed by atoms with Crippen LogP contribution in [-0.4, -0.2) is 14.2 Å². The highest BCUT2D eigenvalue weighted by molar-refractivity contribution is 7.56. The van der Waals surface area contributed by atoms with E-state index in [9.17, 15) is 26.3 Å². The summed E-state index contributed by atoms with van der Waals surface area (Å²) in [5.74, 6) is 1.22. The molecule has 218 valence electrons. The Morgan fingerprint density at radius 1 is 0.600 bits per heavy atom. The summed E-state index contributed by atoms with van der Waals surface area (Å²) < 4.78 is 93.4. The first-order valence-corrected chi connectivity index (χ1v) is 14.0. The van der Waals surface area contributed by atoms with Crippen LogP contribution < -0.4 is 20.1 Å². The van der Waals surface area contributed by atoms with Crippen LogP contribution in [0.5, 0.6) is 11.5 Å². The summed E-state index contributed by atoms with van der Waals surface area (Å²) in [6.45, 7) is 12.4. The van der Waals surface area contributed by atoms with E-state index in [0.717, 1.165) is 34.4 Å². The van der Waals surface area contributed by atoms with Gasteiger partial charge in [-0.2, -0.15) is 26.3 Å². The molecule has 0 spiro atoms. The fourth-order valence-corrected chi connectivity index (χ4v) is 6.12. The van der Waals surface area contributed by atoms with Crippen molar-refractivity contribution in [1.29, 1.82) is 0 Å². The molecule has 1 atom stereocenters. The lowest BCUT2D eigenvalue weighted by atomic mass is 9.81. The van der Waals surface area contributed by atoms with E-state index in [0.29, 0.717) is 22.4 Å². The van der Waals surface area contributed by atoms with Crippen LogP contribution in [0.1, 0.15) is 87.1 Å². The van der Waals surface area contributed by atoms with E-state index < -0.39 is 32.1 Å². The second-order valence-corrected chi connectivity index (χ2v) is 12.0. The number of benzene rings is 3. The molecule has 3 aromatic carbocycles. The molecule has 9 heteroatoms. The fraction of sp³-hybridized carbons (Fsp3) is 0.419. The molecule has 0 saturated carbocycles. The van der Waals surface area contributed by atoms with E-state index in [1.807, 2.05) is 0 Å². The molecule has 1 unspecified atom stereocenters. The molecule has 0 N–H and O–H groups in total. The van der Waals surface area contributed by atoms with E-state index >= 15 is 0 Å². The first-order chi connectivity index (χ1) is 18.5. The first-order valence-electron chi connectivity index (χ1n) is 13.0. The largest absolute Gasteiger partial charge is 0.496 e. The van der Waals surface area contributed by atoms with Crippen molar-refractivity contribution in [3.05, 3.63) is 70.3 Å². The fourth-order valence-electron chi connectivity index (χ4n) is 4.69. The number of halogens is 6. The second kappa shape index (κ2) is 12.0. The number of alkyl halides is 6. The maximum absolute atomic E-state index is 13.7. The van der Waals surface area contributed by atoms with Gasteiger partial charge in [0.15, 0.2) is 0 Å². The van der Waals surface area contributed by atoms with Crippen LogP contribution in [0, 0.1) is 0 Å². The van der Waals surface area contributed by atoms with Crippen molar-refractivity contribution in [3.63, 3.8) is 0 Å². The molecule has 0 aliphatic heterocycles. The summed E-state index contributed by atoms with van der Waals surface area (Å²) in [7, 11) is 2.35. The van der Waals surface area contributed by atoms with Gasteiger partial charge in [-0.1, -0.05) is 62.3 Å². The van der Waals surface area contributed by atoms with Crippen molar-refractivity contribution < 1.29 is 35.8 Å². The minimum Gasteiger partial charge on any atom is -0.496 e. The monoisotopic (exact) mass is 584 g/mol. The Balaban J connectivity index is 2.45. The van der Waals surface area contributed by atoms with Gasteiger partial charge >= 0.3 is 12.4 Å². The lowest BCUT2D eigenvalue weighted by Gasteiger charge is -2.27. The molecule has 0 aliphatic carbocycles. The normalized spacial score (nSPS) is 12.8. The average Bonchev–Trinajstić information content (AvgIpc) is 2.86. The maximum atomic E-state index is 13.7. The van der Waals surface area contributed by atoms with Gasteiger partial charge in [0.1, 0.15) is 11.5 Å². The quantitative estimate of drug-likeness (QED) is 0.194. The second-order valence-electron chi connectivity index (χ2n) is 10.7. The number of hydrogen-bond donors (Lipinski definition) is 0. The first kappa shape index (κ1) is 31.8. The van der Waals surface area contributed by atoms with E-state index in [-0.39, 0.29) is 29.1 Å². The maximum Gasteiger partial charge on any atom is 0.416 e. The third-order valence-corrected chi connectivity index (χ3v) is 8.13. The highest BCUT2D eigenvalue weighted by atomic mass is 31.1. The summed E-state index contributed by atoms with van der Waals surface area (Å²) in [4.78, 5) is 0. The molecule has 0 fully saturated rings. The van der Waals surface area contributed by atoms with Gasteiger partial charge in [-0.15, -0.1) is 0 Å². The third-order valence-electron chi connectivity index (χ3n) is 6.81. The van der Waals surface area contributed by atoms with E-state index in [4.69, 9.17) is 9.47 Å². The number of hydrogen-bond acceptors (Lipinski definition) is 2. The van der Waals surface area contributed by atoms with Gasteiger partial charge in [0.25, 0.3) is 0 Å². The summed E-state index contributed by atoms with van der Waals surface area (Å²) in [6.07, 6.45) is -9.88. The van der Waals surface area contributed by atoms with E-state index in [1.54, 1.807) is 12.1 Å². The van der Waals surface area contributed by atoms with E-state index in [2.05, 4.69) is 53.7 Å². The molecule has 0 aromatic heterocycles. The van der Waals surface area contributed by atoms with Crippen LogP contribution in [0.25, 0.3) is 11.1 Å². The smallest absolute Gasteiger partial charge is 0.416 e. The van der Waals surface area contributed by atoms with Crippen molar-refractivity contribution >= 4 is 19.2 Å². The zero-order valence-electron chi connectivity index (χ0n) is 23.9. The number of rotatable bonds is 8. The molecule has 3 aromatic rings. The Morgan fingerprint density at radius 3 is 1.43 bits per heavy atom. The topological polar surface area (TPSA) is 18.5 Å². The molecule has 0 saturated heterocycles. The van der Waals surface area contributed by atoms with Crippen molar-refractivity contribution in [2.75, 3.05) is 14.2 Å². The zero-order valence-corrected chi connectivity index (χ0v) is 24.9. The molecule has 0 heterocycles. The SMILES string of the molecule is COc1ccc(OC)c(-c2c(C(C)C)cc(C(C)C)cc2C(C)C)c1Pc1cc(C(F)(F)F)cc(C(F)(F)F)c1. The third kappa shape index (κ3) is 6.76. The van der Waals surface area contributed by atoms with Gasteiger partial charge in [0.2, 0.25) is 0 Å². The summed E-state index contributed by atoms with van der Waals surface area (Å²) in [5.41, 5.74) is 1.99. The Bertz CT molecular complexity index is 1300. The molecule has 0 aliphatic rings. The van der Waals surface area contributed by atoms with Gasteiger partial charge < -0.3 is 9.47 Å². The van der Waals surface area contributed by atoms with Crippen LogP contribution >= 0.6 is 8.58 Å². The van der Waals surface area contributed by atoms with Crippen molar-refractivity contribution in [1.82, 2.24) is 0 Å².